The third-order valence-electron chi connectivity index (χ3n) is 6.62. The minimum atomic E-state index is -0.577. The van der Waals surface area contributed by atoms with E-state index in [0.717, 1.165) is 21.6 Å². The Balaban J connectivity index is 1.44. The molecule has 0 radical (unpaired) electrons. The highest BCUT2D eigenvalue weighted by Crippen LogP contribution is 2.38. The fraction of sp³-hybridized carbons (Fsp3) is 0.273. The first-order chi connectivity index (χ1) is 19.3. The number of ether oxygens (including phenoxy) is 4. The summed E-state index contributed by atoms with van der Waals surface area (Å²) < 4.78 is 26.2. The van der Waals surface area contributed by atoms with Gasteiger partial charge in [-0.2, -0.15) is 0 Å². The third-order valence-corrected chi connectivity index (χ3v) is 7.78. The van der Waals surface area contributed by atoms with E-state index in [1.165, 1.54) is 0 Å². The van der Waals surface area contributed by atoms with Crippen molar-refractivity contribution in [2.75, 3.05) is 6.61 Å². The number of hydrogen-bond acceptors (Lipinski definition) is 6. The summed E-state index contributed by atoms with van der Waals surface area (Å²) in [5.74, 6) is 0. The lowest BCUT2D eigenvalue weighted by Gasteiger charge is -2.45. The molecule has 5 atom stereocenters. The normalized spacial score (nSPS) is 22.9. The van der Waals surface area contributed by atoms with E-state index >= 15 is 0 Å². The molecule has 1 heterocycles. The van der Waals surface area contributed by atoms with Gasteiger partial charge in [0.15, 0.2) is 0 Å². The Hall–Kier alpha value is -2.97. The molecule has 39 heavy (non-hydrogen) atoms. The molecule has 0 aliphatic carbocycles. The predicted molar refractivity (Wildman–Crippen MR) is 153 cm³/mol. The summed E-state index contributed by atoms with van der Waals surface area (Å²) in [6.45, 7) is 0.976. The van der Waals surface area contributed by atoms with Crippen LogP contribution in [0.3, 0.4) is 0 Å². The van der Waals surface area contributed by atoms with Gasteiger partial charge in [0.1, 0.15) is 29.9 Å². The second-order valence-electron chi connectivity index (χ2n) is 9.44. The van der Waals surface area contributed by atoms with Gasteiger partial charge in [-0.15, -0.1) is 0 Å². The number of benzene rings is 4. The average Bonchev–Trinajstić information content (AvgIpc) is 3.00. The molecule has 6 heteroatoms. The molecule has 0 saturated carbocycles. The maximum atomic E-state index is 10.4. The molecule has 0 aromatic heterocycles. The number of thioether (sulfide) groups is 1. The number of aliphatic hydroxyl groups excluding tert-OH is 1. The van der Waals surface area contributed by atoms with Crippen molar-refractivity contribution in [1.82, 2.24) is 0 Å². The highest BCUT2D eigenvalue weighted by molar-refractivity contribution is 7.99. The van der Waals surface area contributed by atoms with Crippen molar-refractivity contribution in [3.05, 3.63) is 138 Å². The first-order valence-electron chi connectivity index (χ1n) is 13.2. The Morgan fingerprint density at radius 2 is 0.949 bits per heavy atom. The van der Waals surface area contributed by atoms with Gasteiger partial charge in [0, 0.05) is 4.90 Å². The third kappa shape index (κ3) is 7.79. The minimum Gasteiger partial charge on any atom is -0.394 e. The van der Waals surface area contributed by atoms with Crippen LogP contribution in [0, 0.1) is 0 Å². The van der Waals surface area contributed by atoms with E-state index in [0.29, 0.717) is 19.8 Å². The summed E-state index contributed by atoms with van der Waals surface area (Å²) in [6.07, 6.45) is -2.05. The summed E-state index contributed by atoms with van der Waals surface area (Å²) in [5, 5.41) is 10.4. The molecule has 1 saturated heterocycles. The molecule has 4 aromatic carbocycles. The van der Waals surface area contributed by atoms with Crippen molar-refractivity contribution >= 4 is 11.8 Å². The Morgan fingerprint density at radius 1 is 0.538 bits per heavy atom. The van der Waals surface area contributed by atoms with Gasteiger partial charge in [0.05, 0.1) is 26.4 Å². The van der Waals surface area contributed by atoms with E-state index in [-0.39, 0.29) is 6.61 Å². The van der Waals surface area contributed by atoms with Gasteiger partial charge < -0.3 is 24.1 Å². The van der Waals surface area contributed by atoms with Crippen LogP contribution in [0.2, 0.25) is 0 Å². The largest absolute Gasteiger partial charge is 0.394 e. The summed E-state index contributed by atoms with van der Waals surface area (Å²) in [7, 11) is 0. The highest BCUT2D eigenvalue weighted by atomic mass is 32.2. The molecule has 0 spiro atoms. The van der Waals surface area contributed by atoms with Crippen molar-refractivity contribution in [2.24, 2.45) is 0 Å². The zero-order chi connectivity index (χ0) is 26.7. The van der Waals surface area contributed by atoms with Crippen molar-refractivity contribution in [1.29, 1.82) is 0 Å². The van der Waals surface area contributed by atoms with Gasteiger partial charge in [-0.25, -0.2) is 0 Å². The van der Waals surface area contributed by atoms with Crippen molar-refractivity contribution < 1.29 is 24.1 Å². The molecule has 0 bridgehead atoms. The van der Waals surface area contributed by atoms with Crippen LogP contribution in [0.4, 0.5) is 0 Å². The predicted octanol–water partition coefficient (Wildman–Crippen LogP) is 6.25. The smallest absolute Gasteiger partial charge is 0.137 e. The van der Waals surface area contributed by atoms with Gasteiger partial charge in [0.25, 0.3) is 0 Å². The maximum Gasteiger partial charge on any atom is 0.137 e. The first-order valence-corrected chi connectivity index (χ1v) is 14.1. The van der Waals surface area contributed by atoms with Crippen LogP contribution in [0.25, 0.3) is 0 Å². The molecular weight excluding hydrogens is 508 g/mol. The SMILES string of the molecule is OCC1O[C@@H](Sc2ccccc2)C(OCc2ccccc2)[C@@H](OCc2ccccc2)[C@@H]1OCc1ccccc1. The van der Waals surface area contributed by atoms with E-state index in [1.807, 2.05) is 121 Å². The lowest BCUT2D eigenvalue weighted by atomic mass is 9.99. The molecule has 5 rings (SSSR count). The highest BCUT2D eigenvalue weighted by Gasteiger charge is 2.48. The van der Waals surface area contributed by atoms with E-state index in [2.05, 4.69) is 0 Å². The molecule has 1 N–H and O–H groups in total. The zero-order valence-electron chi connectivity index (χ0n) is 21.8. The van der Waals surface area contributed by atoms with Crippen molar-refractivity contribution in [3.63, 3.8) is 0 Å². The summed E-state index contributed by atoms with van der Waals surface area (Å²) in [5.41, 5.74) is 2.75. The summed E-state index contributed by atoms with van der Waals surface area (Å²) in [6, 6.07) is 40.3. The van der Waals surface area contributed by atoms with E-state index in [4.69, 9.17) is 18.9 Å². The molecule has 1 fully saturated rings. The topological polar surface area (TPSA) is 57.2 Å². The fourth-order valence-corrected chi connectivity index (χ4v) is 5.77. The number of aliphatic hydroxyl groups is 1. The van der Waals surface area contributed by atoms with Crippen LogP contribution in [-0.2, 0) is 38.8 Å². The molecule has 1 aliphatic rings. The monoisotopic (exact) mass is 542 g/mol. The molecule has 5 nitrogen and oxygen atoms in total. The number of hydrogen-bond donors (Lipinski definition) is 1. The van der Waals surface area contributed by atoms with E-state index in [1.54, 1.807) is 11.8 Å². The molecule has 202 valence electrons. The van der Waals surface area contributed by atoms with Crippen LogP contribution in [0.5, 0.6) is 0 Å². The molecular formula is C33H34O5S. The van der Waals surface area contributed by atoms with Gasteiger partial charge in [-0.3, -0.25) is 0 Å². The van der Waals surface area contributed by atoms with Crippen molar-refractivity contribution in [3.8, 4) is 0 Å². The maximum absolute atomic E-state index is 10.4. The van der Waals surface area contributed by atoms with E-state index < -0.39 is 29.9 Å². The Bertz CT molecular complexity index is 1230. The van der Waals surface area contributed by atoms with E-state index in [9.17, 15) is 5.11 Å². The Kier molecular flexibility index (Phi) is 10.2. The van der Waals surface area contributed by atoms with Gasteiger partial charge in [-0.1, -0.05) is 121 Å². The lowest BCUT2D eigenvalue weighted by molar-refractivity contribution is -0.251. The second-order valence-corrected chi connectivity index (χ2v) is 10.6. The van der Waals surface area contributed by atoms with Crippen LogP contribution in [0.1, 0.15) is 16.7 Å². The molecule has 2 unspecified atom stereocenters. The summed E-state index contributed by atoms with van der Waals surface area (Å²) in [4.78, 5) is 1.05. The first kappa shape index (κ1) is 27.6. The number of rotatable bonds is 12. The molecule has 1 aliphatic heterocycles. The fourth-order valence-electron chi connectivity index (χ4n) is 4.62. The van der Waals surface area contributed by atoms with Crippen LogP contribution < -0.4 is 0 Å². The minimum absolute atomic E-state index is 0.193. The van der Waals surface area contributed by atoms with Crippen LogP contribution in [-0.4, -0.2) is 41.6 Å². The Labute approximate surface area is 234 Å². The molecule has 4 aromatic rings. The average molecular weight is 543 g/mol. The van der Waals surface area contributed by atoms with Gasteiger partial charge >= 0.3 is 0 Å². The lowest BCUT2D eigenvalue weighted by Crippen LogP contribution is -2.60. The van der Waals surface area contributed by atoms with Crippen LogP contribution >= 0.6 is 11.8 Å². The van der Waals surface area contributed by atoms with Crippen molar-refractivity contribution in [2.45, 2.75) is 54.6 Å². The van der Waals surface area contributed by atoms with Gasteiger partial charge in [-0.05, 0) is 28.8 Å². The Morgan fingerprint density at radius 3 is 1.41 bits per heavy atom. The molecule has 0 amide bonds. The van der Waals surface area contributed by atoms with Crippen LogP contribution in [0.15, 0.2) is 126 Å². The summed E-state index contributed by atoms with van der Waals surface area (Å²) >= 11 is 1.57. The second kappa shape index (κ2) is 14.4. The standard InChI is InChI=1S/C33H34O5S/c34-21-29-30(35-22-25-13-5-1-6-14-25)31(36-23-26-15-7-2-8-16-26)32(37-24-27-17-9-3-10-18-27)33(38-29)39-28-19-11-4-12-20-28/h1-20,29-34H,21-24H2/t29?,30-,31+,32?,33+/m1/s1. The van der Waals surface area contributed by atoms with Gasteiger partial charge in [0.2, 0.25) is 0 Å². The zero-order valence-corrected chi connectivity index (χ0v) is 22.6. The quantitative estimate of drug-likeness (QED) is 0.228.